The van der Waals surface area contributed by atoms with Crippen molar-refractivity contribution in [3.63, 3.8) is 0 Å². The Morgan fingerprint density at radius 1 is 1.25 bits per heavy atom. The van der Waals surface area contributed by atoms with E-state index in [2.05, 4.69) is 10.2 Å². The second-order valence-corrected chi connectivity index (χ2v) is 5.03. The summed E-state index contributed by atoms with van der Waals surface area (Å²) >= 11 is 0. The Balaban J connectivity index is 2.26. The van der Waals surface area contributed by atoms with E-state index in [9.17, 15) is 18.0 Å². The average Bonchev–Trinajstić information content (AvgIpc) is 2.34. The summed E-state index contributed by atoms with van der Waals surface area (Å²) in [5, 5.41) is 3.00. The Labute approximate surface area is 117 Å². The Bertz CT molecular complexity index is 304. The maximum absolute atomic E-state index is 12.2. The normalized spacial score (nSPS) is 20.0. The lowest BCUT2D eigenvalue weighted by atomic mass is 10.1. The number of nitrogens with two attached hydrogens (primary N) is 1. The molecule has 0 bridgehead atoms. The SMILES string of the molecule is CCNC(CCN1CCN(CC(F)(F)F)CC1)C(N)=O. The van der Waals surface area contributed by atoms with Crippen LogP contribution in [0.5, 0.6) is 0 Å². The van der Waals surface area contributed by atoms with Crippen molar-refractivity contribution in [2.24, 2.45) is 5.73 Å². The Morgan fingerprint density at radius 2 is 1.80 bits per heavy atom. The van der Waals surface area contributed by atoms with Gasteiger partial charge in [0.25, 0.3) is 0 Å². The molecule has 1 rings (SSSR count). The van der Waals surface area contributed by atoms with Crippen molar-refractivity contribution in [2.45, 2.75) is 25.6 Å². The fourth-order valence-corrected chi connectivity index (χ4v) is 2.33. The topological polar surface area (TPSA) is 61.6 Å². The van der Waals surface area contributed by atoms with Crippen LogP contribution in [-0.4, -0.2) is 73.7 Å². The number of nitrogens with one attached hydrogen (secondary N) is 1. The van der Waals surface area contributed by atoms with Gasteiger partial charge in [-0.3, -0.25) is 9.69 Å². The molecule has 1 atom stereocenters. The van der Waals surface area contributed by atoms with Gasteiger partial charge in [-0.05, 0) is 13.0 Å². The second kappa shape index (κ2) is 7.80. The fourth-order valence-electron chi connectivity index (χ4n) is 2.33. The van der Waals surface area contributed by atoms with Gasteiger partial charge in [0.1, 0.15) is 0 Å². The Hall–Kier alpha value is -0.860. The van der Waals surface area contributed by atoms with Crippen molar-refractivity contribution in [1.29, 1.82) is 0 Å². The summed E-state index contributed by atoms with van der Waals surface area (Å²) in [4.78, 5) is 14.7. The summed E-state index contributed by atoms with van der Waals surface area (Å²) in [5.74, 6) is -0.387. The van der Waals surface area contributed by atoms with Crippen LogP contribution in [0.2, 0.25) is 0 Å². The molecular weight excluding hydrogens is 273 g/mol. The lowest BCUT2D eigenvalue weighted by molar-refractivity contribution is -0.149. The minimum Gasteiger partial charge on any atom is -0.368 e. The molecule has 0 saturated carbocycles. The van der Waals surface area contributed by atoms with Gasteiger partial charge in [-0.15, -0.1) is 0 Å². The highest BCUT2D eigenvalue weighted by molar-refractivity contribution is 5.79. The molecule has 1 heterocycles. The zero-order valence-electron chi connectivity index (χ0n) is 11.7. The molecule has 1 aliphatic rings. The van der Waals surface area contributed by atoms with Gasteiger partial charge in [-0.1, -0.05) is 6.92 Å². The fraction of sp³-hybridized carbons (Fsp3) is 0.917. The number of amides is 1. The van der Waals surface area contributed by atoms with Crippen LogP contribution in [0, 0.1) is 0 Å². The predicted octanol–water partition coefficient (Wildman–Crippen LogP) is 0.0198. The van der Waals surface area contributed by atoms with Crippen LogP contribution in [0.15, 0.2) is 0 Å². The van der Waals surface area contributed by atoms with Crippen LogP contribution < -0.4 is 11.1 Å². The van der Waals surface area contributed by atoms with E-state index in [0.29, 0.717) is 45.7 Å². The third kappa shape index (κ3) is 6.53. The Kier molecular flexibility index (Phi) is 6.70. The van der Waals surface area contributed by atoms with Crippen LogP contribution in [-0.2, 0) is 4.79 Å². The minimum atomic E-state index is -4.13. The number of primary amides is 1. The number of carbonyl (C=O) groups excluding carboxylic acids is 1. The number of hydrogen-bond acceptors (Lipinski definition) is 4. The van der Waals surface area contributed by atoms with E-state index in [-0.39, 0.29) is 11.9 Å². The van der Waals surface area contributed by atoms with Crippen molar-refractivity contribution in [3.05, 3.63) is 0 Å². The molecule has 5 nitrogen and oxygen atoms in total. The van der Waals surface area contributed by atoms with Crippen molar-refractivity contribution < 1.29 is 18.0 Å². The van der Waals surface area contributed by atoms with Gasteiger partial charge >= 0.3 is 6.18 Å². The van der Waals surface area contributed by atoms with E-state index in [1.807, 2.05) is 6.92 Å². The minimum absolute atomic E-state index is 0.367. The van der Waals surface area contributed by atoms with Gasteiger partial charge < -0.3 is 16.0 Å². The second-order valence-electron chi connectivity index (χ2n) is 5.03. The molecule has 1 unspecified atom stereocenters. The molecule has 0 aliphatic carbocycles. The molecule has 1 aliphatic heterocycles. The zero-order valence-corrected chi connectivity index (χ0v) is 11.7. The quantitative estimate of drug-likeness (QED) is 0.695. The third-order valence-corrected chi connectivity index (χ3v) is 3.40. The van der Waals surface area contributed by atoms with Gasteiger partial charge in [0, 0.05) is 32.7 Å². The van der Waals surface area contributed by atoms with Crippen molar-refractivity contribution in [1.82, 2.24) is 15.1 Å². The number of likely N-dealkylation sites (N-methyl/N-ethyl adjacent to an activating group) is 1. The molecule has 1 fully saturated rings. The lowest BCUT2D eigenvalue weighted by Crippen LogP contribution is -2.50. The van der Waals surface area contributed by atoms with E-state index in [4.69, 9.17) is 5.73 Å². The summed E-state index contributed by atoms with van der Waals surface area (Å²) in [7, 11) is 0. The highest BCUT2D eigenvalue weighted by Gasteiger charge is 2.32. The molecule has 118 valence electrons. The third-order valence-electron chi connectivity index (χ3n) is 3.40. The molecule has 8 heteroatoms. The number of halogens is 3. The monoisotopic (exact) mass is 296 g/mol. The van der Waals surface area contributed by atoms with E-state index >= 15 is 0 Å². The molecule has 0 aromatic heterocycles. The van der Waals surface area contributed by atoms with E-state index in [0.717, 1.165) is 0 Å². The highest BCUT2D eigenvalue weighted by Crippen LogP contribution is 2.17. The van der Waals surface area contributed by atoms with Crippen molar-refractivity contribution >= 4 is 5.91 Å². The maximum Gasteiger partial charge on any atom is 0.401 e. The molecule has 0 aromatic rings. The number of piperazine rings is 1. The van der Waals surface area contributed by atoms with Gasteiger partial charge in [0.15, 0.2) is 0 Å². The zero-order chi connectivity index (χ0) is 15.2. The summed E-state index contributed by atoms with van der Waals surface area (Å²) < 4.78 is 36.7. The first kappa shape index (κ1) is 17.2. The summed E-state index contributed by atoms with van der Waals surface area (Å²) in [5.41, 5.74) is 5.28. The smallest absolute Gasteiger partial charge is 0.368 e. The lowest BCUT2D eigenvalue weighted by Gasteiger charge is -2.35. The van der Waals surface area contributed by atoms with Crippen LogP contribution in [0.1, 0.15) is 13.3 Å². The molecule has 20 heavy (non-hydrogen) atoms. The number of rotatable bonds is 7. The van der Waals surface area contributed by atoms with Crippen molar-refractivity contribution in [2.75, 3.05) is 45.8 Å². The van der Waals surface area contributed by atoms with Crippen LogP contribution in [0.25, 0.3) is 0 Å². The van der Waals surface area contributed by atoms with Gasteiger partial charge in [-0.25, -0.2) is 0 Å². The Morgan fingerprint density at radius 3 is 2.25 bits per heavy atom. The highest BCUT2D eigenvalue weighted by atomic mass is 19.4. The standard InChI is InChI=1S/C12H23F3N4O/c1-2-17-10(11(16)20)3-4-18-5-7-19(8-6-18)9-12(13,14)15/h10,17H,2-9H2,1H3,(H2,16,20). The van der Waals surface area contributed by atoms with E-state index in [1.54, 1.807) is 0 Å². The molecule has 0 spiro atoms. The largest absolute Gasteiger partial charge is 0.401 e. The number of carbonyl (C=O) groups is 1. The molecule has 1 amide bonds. The first-order chi connectivity index (χ1) is 9.31. The molecule has 0 radical (unpaired) electrons. The molecule has 0 aromatic carbocycles. The van der Waals surface area contributed by atoms with E-state index in [1.165, 1.54) is 4.90 Å². The summed E-state index contributed by atoms with van der Waals surface area (Å²) in [6.07, 6.45) is -3.55. The maximum atomic E-state index is 12.2. The van der Waals surface area contributed by atoms with Crippen LogP contribution >= 0.6 is 0 Å². The van der Waals surface area contributed by atoms with Crippen LogP contribution in [0.4, 0.5) is 13.2 Å². The summed E-state index contributed by atoms with van der Waals surface area (Å²) in [6, 6.07) is -0.367. The number of alkyl halides is 3. The molecule has 3 N–H and O–H groups in total. The average molecular weight is 296 g/mol. The summed E-state index contributed by atoms with van der Waals surface area (Å²) in [6.45, 7) is 4.37. The first-order valence-corrected chi connectivity index (χ1v) is 6.86. The molecular formula is C12H23F3N4O. The van der Waals surface area contributed by atoms with Gasteiger partial charge in [0.05, 0.1) is 12.6 Å². The van der Waals surface area contributed by atoms with Gasteiger partial charge in [0.2, 0.25) is 5.91 Å². The van der Waals surface area contributed by atoms with Crippen LogP contribution in [0.3, 0.4) is 0 Å². The number of hydrogen-bond donors (Lipinski definition) is 2. The predicted molar refractivity (Wildman–Crippen MR) is 70.2 cm³/mol. The molecule has 1 saturated heterocycles. The number of nitrogens with zero attached hydrogens (tertiary/aromatic N) is 2. The van der Waals surface area contributed by atoms with Gasteiger partial charge in [-0.2, -0.15) is 13.2 Å². The first-order valence-electron chi connectivity index (χ1n) is 6.86. The van der Waals surface area contributed by atoms with E-state index < -0.39 is 12.7 Å². The van der Waals surface area contributed by atoms with Crippen molar-refractivity contribution in [3.8, 4) is 0 Å².